The van der Waals surface area contributed by atoms with Crippen LogP contribution in [0, 0.1) is 6.92 Å². The Morgan fingerprint density at radius 1 is 1.07 bits per heavy atom. The van der Waals surface area contributed by atoms with E-state index in [1.54, 1.807) is 36.5 Å². The number of anilines is 5. The van der Waals surface area contributed by atoms with Gasteiger partial charge in [-0.25, -0.2) is 19.7 Å². The number of fused-ring (bicyclic) bond motifs is 1. The summed E-state index contributed by atoms with van der Waals surface area (Å²) in [6, 6.07) is 11.7. The van der Waals surface area contributed by atoms with Gasteiger partial charge < -0.3 is 15.0 Å². The fourth-order valence-corrected chi connectivity index (χ4v) is 6.41. The van der Waals surface area contributed by atoms with Crippen LogP contribution in [0.15, 0.2) is 54.2 Å². The maximum absolute atomic E-state index is 14.0. The van der Waals surface area contributed by atoms with Gasteiger partial charge in [-0.2, -0.15) is 4.98 Å². The van der Waals surface area contributed by atoms with E-state index < -0.39 is 0 Å². The molecule has 0 unspecified atom stereocenters. The average Bonchev–Trinajstić information content (AvgIpc) is 3.31. The summed E-state index contributed by atoms with van der Waals surface area (Å²) < 4.78 is 5.83. The monoisotopic (exact) mass is 575 g/mol. The number of carbonyl (C=O) groups is 1. The Morgan fingerprint density at radius 2 is 1.85 bits per heavy atom. The molecule has 0 atom stereocenters. The van der Waals surface area contributed by atoms with Gasteiger partial charge in [-0.3, -0.25) is 4.90 Å². The maximum Gasteiger partial charge on any atom is 0.336 e. The number of likely N-dealkylation sites (tertiary alicyclic amines) is 1. The zero-order valence-corrected chi connectivity index (χ0v) is 24.2. The van der Waals surface area contributed by atoms with Gasteiger partial charge in [-0.05, 0) is 86.6 Å². The van der Waals surface area contributed by atoms with Crippen LogP contribution in [0.4, 0.5) is 33.8 Å². The van der Waals surface area contributed by atoms with E-state index in [2.05, 4.69) is 51.5 Å². The van der Waals surface area contributed by atoms with Crippen molar-refractivity contribution in [2.24, 2.45) is 0 Å². The minimum atomic E-state index is -0.291. The molecule has 0 radical (unpaired) electrons. The minimum Gasteiger partial charge on any atom is -0.495 e. The van der Waals surface area contributed by atoms with E-state index >= 15 is 0 Å². The topological polar surface area (TPSA) is 86.7 Å². The summed E-state index contributed by atoms with van der Waals surface area (Å²) in [6.07, 6.45) is 5.68. The van der Waals surface area contributed by atoms with Crippen molar-refractivity contribution in [1.29, 1.82) is 0 Å². The van der Waals surface area contributed by atoms with Crippen LogP contribution in [0.1, 0.15) is 35.4 Å². The van der Waals surface area contributed by atoms with Crippen molar-refractivity contribution >= 4 is 57.9 Å². The highest BCUT2D eigenvalue weighted by Crippen LogP contribution is 2.42. The molecular formula is C29H30ClN7O2S. The fourth-order valence-electron chi connectivity index (χ4n) is 5.25. The number of nitrogens with zero attached hydrogens (tertiary/aromatic N) is 6. The van der Waals surface area contributed by atoms with E-state index in [9.17, 15) is 4.79 Å². The average molecular weight is 576 g/mol. The summed E-state index contributed by atoms with van der Waals surface area (Å²) >= 11 is 7.92. The van der Waals surface area contributed by atoms with Gasteiger partial charge in [0.25, 0.3) is 0 Å². The lowest BCUT2D eigenvalue weighted by molar-refractivity contribution is 0.252. The Balaban J connectivity index is 1.31. The van der Waals surface area contributed by atoms with Crippen molar-refractivity contribution in [2.45, 2.75) is 32.2 Å². The first-order chi connectivity index (χ1) is 19.4. The van der Waals surface area contributed by atoms with Crippen molar-refractivity contribution in [3.63, 3.8) is 0 Å². The number of piperidine rings is 1. The molecule has 206 valence electrons. The number of aromatic nitrogens is 3. The molecular weight excluding hydrogens is 546 g/mol. The Labute approximate surface area is 242 Å². The van der Waals surface area contributed by atoms with E-state index in [1.165, 1.54) is 34.6 Å². The Kier molecular flexibility index (Phi) is 7.31. The van der Waals surface area contributed by atoms with Crippen molar-refractivity contribution < 1.29 is 9.53 Å². The molecule has 0 spiro atoms. The normalized spacial score (nSPS) is 16.2. The molecule has 1 aromatic carbocycles. The van der Waals surface area contributed by atoms with Crippen molar-refractivity contribution in [3.8, 4) is 5.75 Å². The third-order valence-electron chi connectivity index (χ3n) is 7.52. The lowest BCUT2D eigenvalue weighted by Crippen LogP contribution is -2.46. The number of nitrogens with one attached hydrogen (secondary N) is 1. The van der Waals surface area contributed by atoms with Crippen LogP contribution in [-0.4, -0.2) is 53.1 Å². The number of halogens is 1. The molecule has 0 saturated carbocycles. The summed E-state index contributed by atoms with van der Waals surface area (Å²) in [5, 5.41) is 5.25. The van der Waals surface area contributed by atoms with Crippen LogP contribution in [0.25, 0.3) is 0 Å². The number of rotatable bonds is 6. The lowest BCUT2D eigenvalue weighted by atomic mass is 9.89. The van der Waals surface area contributed by atoms with Crippen LogP contribution >= 0.6 is 22.9 Å². The number of hydrogen-bond donors (Lipinski definition) is 1. The van der Waals surface area contributed by atoms with Gasteiger partial charge in [-0.15, -0.1) is 11.3 Å². The maximum atomic E-state index is 14.0. The number of amides is 2. The second-order valence-electron chi connectivity index (χ2n) is 10.2. The minimum absolute atomic E-state index is 0.291. The number of ether oxygens (including phenoxy) is 1. The predicted molar refractivity (Wildman–Crippen MR) is 160 cm³/mol. The predicted octanol–water partition coefficient (Wildman–Crippen LogP) is 6.73. The molecule has 0 bridgehead atoms. The van der Waals surface area contributed by atoms with E-state index in [0.717, 1.165) is 29.9 Å². The molecule has 2 amide bonds. The molecule has 0 aliphatic carbocycles. The van der Waals surface area contributed by atoms with E-state index in [0.29, 0.717) is 45.8 Å². The van der Waals surface area contributed by atoms with Crippen LogP contribution in [-0.2, 0) is 6.54 Å². The molecule has 6 rings (SSSR count). The van der Waals surface area contributed by atoms with Gasteiger partial charge in [-0.1, -0.05) is 23.7 Å². The quantitative estimate of drug-likeness (QED) is 0.272. The van der Waals surface area contributed by atoms with Crippen LogP contribution in [0.3, 0.4) is 0 Å². The first kappa shape index (κ1) is 26.5. The third kappa shape index (κ3) is 5.10. The van der Waals surface area contributed by atoms with Gasteiger partial charge in [0.05, 0.1) is 25.5 Å². The van der Waals surface area contributed by atoms with Crippen LogP contribution in [0.5, 0.6) is 5.75 Å². The molecule has 5 heterocycles. The smallest absolute Gasteiger partial charge is 0.336 e. The number of pyridine rings is 1. The highest BCUT2D eigenvalue weighted by Gasteiger charge is 2.37. The van der Waals surface area contributed by atoms with Crippen molar-refractivity contribution in [1.82, 2.24) is 19.9 Å². The van der Waals surface area contributed by atoms with E-state index in [4.69, 9.17) is 21.3 Å². The van der Waals surface area contributed by atoms with Gasteiger partial charge in [0.1, 0.15) is 15.9 Å². The molecule has 1 N–H and O–H groups in total. The van der Waals surface area contributed by atoms with Gasteiger partial charge in [0.15, 0.2) is 5.82 Å². The summed E-state index contributed by atoms with van der Waals surface area (Å²) in [5.74, 6) is 2.48. The number of thiophene rings is 1. The Bertz CT molecular complexity index is 1500. The molecule has 1 fully saturated rings. The number of methoxy groups -OCH3 is 1. The highest BCUT2D eigenvalue weighted by molar-refractivity contribution is 7.15. The van der Waals surface area contributed by atoms with E-state index in [1.807, 2.05) is 12.3 Å². The van der Waals surface area contributed by atoms with Crippen LogP contribution in [0.2, 0.25) is 4.34 Å². The highest BCUT2D eigenvalue weighted by atomic mass is 35.5. The van der Waals surface area contributed by atoms with Gasteiger partial charge >= 0.3 is 6.03 Å². The number of urea groups is 1. The summed E-state index contributed by atoms with van der Waals surface area (Å²) in [6.45, 7) is 4.49. The molecule has 1 saturated heterocycles. The summed E-state index contributed by atoms with van der Waals surface area (Å²) in [7, 11) is 3.75. The number of aryl methyl sites for hydroxylation is 1. The first-order valence-electron chi connectivity index (χ1n) is 13.2. The molecule has 3 aromatic heterocycles. The molecule has 11 heteroatoms. The molecule has 40 heavy (non-hydrogen) atoms. The third-order valence-corrected chi connectivity index (χ3v) is 8.83. The lowest BCUT2D eigenvalue weighted by Gasteiger charge is -2.35. The molecule has 9 nitrogen and oxygen atoms in total. The largest absolute Gasteiger partial charge is 0.495 e. The SMILES string of the molecule is COc1ccc(N2C(=O)N(c3c(C)csc3Cl)Cc3cnc(Nc4ccc(C5CCN(C)CC5)cc4)nc32)nc1. The standard InChI is InChI=1S/C29H30ClN7O2S/c1-18-17-40-26(30)25(18)36-16-21-14-32-28(33-22-6-4-19(5-7-22)20-10-12-35(2)13-11-20)34-27(21)37(29(36)38)24-9-8-23(39-3)15-31-24/h4-9,14-15,17,20H,10-13,16H2,1-3H3,(H,32,33,34). The van der Waals surface area contributed by atoms with Gasteiger partial charge in [0, 0.05) is 17.4 Å². The van der Waals surface area contributed by atoms with Crippen molar-refractivity contribution in [3.05, 3.63) is 75.2 Å². The molecule has 2 aliphatic heterocycles. The zero-order chi connectivity index (χ0) is 27.8. The van der Waals surface area contributed by atoms with Crippen molar-refractivity contribution in [2.75, 3.05) is 42.4 Å². The molecule has 4 aromatic rings. The molecule has 2 aliphatic rings. The Hall–Kier alpha value is -3.73. The second kappa shape index (κ2) is 11.0. The second-order valence-corrected chi connectivity index (χ2v) is 11.7. The Morgan fingerprint density at radius 3 is 2.50 bits per heavy atom. The zero-order valence-electron chi connectivity index (χ0n) is 22.6. The number of carbonyl (C=O) groups excluding carboxylic acids is 1. The summed E-state index contributed by atoms with van der Waals surface area (Å²) in [4.78, 5) is 33.4. The number of benzene rings is 1. The number of hydrogen-bond acceptors (Lipinski definition) is 8. The fraction of sp³-hybridized carbons (Fsp3) is 0.310. The summed E-state index contributed by atoms with van der Waals surface area (Å²) in [5.41, 5.74) is 4.64. The van der Waals surface area contributed by atoms with Crippen LogP contribution < -0.4 is 19.9 Å². The first-order valence-corrected chi connectivity index (χ1v) is 14.4. The van der Waals surface area contributed by atoms with Gasteiger partial charge in [0.2, 0.25) is 5.95 Å². The van der Waals surface area contributed by atoms with E-state index in [-0.39, 0.29) is 6.03 Å².